The number of nitrogens with zero attached hydrogens (tertiary/aromatic N) is 3. The molecule has 0 aliphatic carbocycles. The average Bonchev–Trinajstić information content (AvgIpc) is 2.51. The standard InChI is InChI=1S/C8H12N4/c1-4-7-5(2)8-9-6(3)10-12(8)11-7/h11H,4H2,1-3H3. The van der Waals surface area contributed by atoms with Gasteiger partial charge in [0.15, 0.2) is 5.65 Å². The van der Waals surface area contributed by atoms with Crippen LogP contribution >= 0.6 is 0 Å². The van der Waals surface area contributed by atoms with Crippen LogP contribution < -0.4 is 0 Å². The van der Waals surface area contributed by atoms with Crippen molar-refractivity contribution in [1.29, 1.82) is 0 Å². The summed E-state index contributed by atoms with van der Waals surface area (Å²) in [6.45, 7) is 6.08. The van der Waals surface area contributed by atoms with Crippen LogP contribution in [0, 0.1) is 13.8 Å². The molecule has 2 rings (SSSR count). The first-order valence-electron chi connectivity index (χ1n) is 4.13. The predicted molar refractivity (Wildman–Crippen MR) is 46.2 cm³/mol. The molecule has 0 amide bonds. The van der Waals surface area contributed by atoms with Crippen LogP contribution in [-0.2, 0) is 6.42 Å². The Morgan fingerprint density at radius 2 is 2.17 bits per heavy atom. The van der Waals surface area contributed by atoms with E-state index in [-0.39, 0.29) is 0 Å². The van der Waals surface area contributed by atoms with Crippen LogP contribution in [0.4, 0.5) is 0 Å². The Bertz CT molecular complexity index is 410. The van der Waals surface area contributed by atoms with Gasteiger partial charge in [-0.3, -0.25) is 5.10 Å². The van der Waals surface area contributed by atoms with Crippen molar-refractivity contribution >= 4 is 5.65 Å². The first-order chi connectivity index (χ1) is 5.72. The van der Waals surface area contributed by atoms with E-state index in [4.69, 9.17) is 0 Å². The van der Waals surface area contributed by atoms with E-state index in [1.807, 2.05) is 6.92 Å². The second-order valence-corrected chi connectivity index (χ2v) is 2.96. The minimum atomic E-state index is 0.812. The fourth-order valence-electron chi connectivity index (χ4n) is 1.43. The van der Waals surface area contributed by atoms with E-state index in [0.717, 1.165) is 17.9 Å². The van der Waals surface area contributed by atoms with Crippen LogP contribution in [0.5, 0.6) is 0 Å². The molecule has 0 saturated carbocycles. The lowest BCUT2D eigenvalue weighted by atomic mass is 10.2. The summed E-state index contributed by atoms with van der Waals surface area (Å²) in [5, 5.41) is 7.37. The van der Waals surface area contributed by atoms with Gasteiger partial charge in [0.25, 0.3) is 0 Å². The van der Waals surface area contributed by atoms with Crippen molar-refractivity contribution in [3.8, 4) is 0 Å². The summed E-state index contributed by atoms with van der Waals surface area (Å²) in [4.78, 5) is 4.30. The number of aryl methyl sites for hydroxylation is 3. The Hall–Kier alpha value is -1.32. The maximum Gasteiger partial charge on any atom is 0.178 e. The molecule has 12 heavy (non-hydrogen) atoms. The summed E-state index contributed by atoms with van der Waals surface area (Å²) in [6.07, 6.45) is 0.996. The monoisotopic (exact) mass is 164 g/mol. The van der Waals surface area contributed by atoms with Crippen LogP contribution in [0.3, 0.4) is 0 Å². The molecule has 0 aromatic carbocycles. The van der Waals surface area contributed by atoms with Gasteiger partial charge in [-0.15, -0.1) is 5.10 Å². The molecule has 2 aromatic heterocycles. The molecule has 0 aliphatic rings. The van der Waals surface area contributed by atoms with E-state index in [1.165, 1.54) is 11.3 Å². The first-order valence-corrected chi connectivity index (χ1v) is 4.13. The highest BCUT2D eigenvalue weighted by atomic mass is 15.5. The van der Waals surface area contributed by atoms with Gasteiger partial charge in [-0.2, -0.15) is 4.63 Å². The van der Waals surface area contributed by atoms with Crippen molar-refractivity contribution < 1.29 is 0 Å². The minimum absolute atomic E-state index is 0.812. The normalized spacial score (nSPS) is 11.2. The lowest BCUT2D eigenvalue weighted by molar-refractivity contribution is 0.780. The second kappa shape index (κ2) is 2.33. The fourth-order valence-corrected chi connectivity index (χ4v) is 1.43. The third kappa shape index (κ3) is 0.841. The van der Waals surface area contributed by atoms with Crippen molar-refractivity contribution in [3.05, 3.63) is 17.1 Å². The first kappa shape index (κ1) is 7.34. The van der Waals surface area contributed by atoms with Crippen molar-refractivity contribution in [1.82, 2.24) is 19.8 Å². The van der Waals surface area contributed by atoms with Crippen molar-refractivity contribution in [2.45, 2.75) is 27.2 Å². The van der Waals surface area contributed by atoms with E-state index < -0.39 is 0 Å². The molecule has 64 valence electrons. The highest BCUT2D eigenvalue weighted by molar-refractivity contribution is 5.48. The van der Waals surface area contributed by atoms with Crippen LogP contribution in [0.15, 0.2) is 0 Å². The zero-order chi connectivity index (χ0) is 8.72. The molecule has 4 heteroatoms. The molecular weight excluding hydrogens is 152 g/mol. The number of aromatic amines is 1. The van der Waals surface area contributed by atoms with Gasteiger partial charge in [-0.1, -0.05) is 6.92 Å². The Kier molecular flexibility index (Phi) is 1.43. The van der Waals surface area contributed by atoms with E-state index in [2.05, 4.69) is 29.0 Å². The maximum absolute atomic E-state index is 4.30. The molecular formula is C8H12N4. The number of H-pyrrole nitrogens is 1. The van der Waals surface area contributed by atoms with Gasteiger partial charge in [-0.25, -0.2) is 4.98 Å². The Balaban J connectivity index is 2.74. The lowest BCUT2D eigenvalue weighted by Crippen LogP contribution is -1.89. The third-order valence-corrected chi connectivity index (χ3v) is 2.10. The molecule has 0 unspecified atom stereocenters. The smallest absolute Gasteiger partial charge is 0.178 e. The predicted octanol–water partition coefficient (Wildman–Crippen LogP) is 1.24. The molecule has 4 nitrogen and oxygen atoms in total. The van der Waals surface area contributed by atoms with Gasteiger partial charge >= 0.3 is 0 Å². The highest BCUT2D eigenvalue weighted by Crippen LogP contribution is 2.12. The summed E-state index contributed by atoms with van der Waals surface area (Å²) in [6, 6.07) is 0. The van der Waals surface area contributed by atoms with Crippen LogP contribution in [-0.4, -0.2) is 19.8 Å². The van der Waals surface area contributed by atoms with Gasteiger partial charge in [0.05, 0.1) is 0 Å². The molecule has 0 saturated heterocycles. The van der Waals surface area contributed by atoms with E-state index in [1.54, 1.807) is 4.63 Å². The van der Waals surface area contributed by atoms with Crippen LogP contribution in [0.2, 0.25) is 0 Å². The molecule has 0 aliphatic heterocycles. The zero-order valence-corrected chi connectivity index (χ0v) is 7.55. The topological polar surface area (TPSA) is 46.0 Å². The number of rotatable bonds is 1. The number of aromatic nitrogens is 4. The molecule has 2 aromatic rings. The summed E-state index contributed by atoms with van der Waals surface area (Å²) in [5.74, 6) is 0.812. The summed E-state index contributed by atoms with van der Waals surface area (Å²) >= 11 is 0. The Labute approximate surface area is 70.6 Å². The van der Waals surface area contributed by atoms with Gasteiger partial charge in [0, 0.05) is 11.3 Å². The number of hydrogen-bond donors (Lipinski definition) is 1. The minimum Gasteiger partial charge on any atom is -0.280 e. The van der Waals surface area contributed by atoms with Gasteiger partial charge in [-0.05, 0) is 20.3 Å². The third-order valence-electron chi connectivity index (χ3n) is 2.10. The SMILES string of the molecule is CCc1[nH]n2nc(C)nc2c1C. The molecule has 1 N–H and O–H groups in total. The number of hydrogen-bond acceptors (Lipinski definition) is 2. The molecule has 0 atom stereocenters. The summed E-state index contributed by atoms with van der Waals surface area (Å²) < 4.78 is 1.74. The van der Waals surface area contributed by atoms with E-state index in [0.29, 0.717) is 0 Å². The zero-order valence-electron chi connectivity index (χ0n) is 7.55. The van der Waals surface area contributed by atoms with E-state index in [9.17, 15) is 0 Å². The molecule has 0 fully saturated rings. The van der Waals surface area contributed by atoms with Gasteiger partial charge in [0.1, 0.15) is 5.82 Å². The molecule has 0 radical (unpaired) electrons. The van der Waals surface area contributed by atoms with Crippen molar-refractivity contribution in [2.75, 3.05) is 0 Å². The number of fused-ring (bicyclic) bond motifs is 1. The largest absolute Gasteiger partial charge is 0.280 e. The van der Waals surface area contributed by atoms with Gasteiger partial charge in [0.2, 0.25) is 0 Å². The molecule has 2 heterocycles. The fraction of sp³-hybridized carbons (Fsp3) is 0.500. The average molecular weight is 164 g/mol. The van der Waals surface area contributed by atoms with Crippen molar-refractivity contribution in [2.24, 2.45) is 0 Å². The van der Waals surface area contributed by atoms with Gasteiger partial charge < -0.3 is 0 Å². The molecule has 0 spiro atoms. The highest BCUT2D eigenvalue weighted by Gasteiger charge is 2.08. The van der Waals surface area contributed by atoms with Crippen LogP contribution in [0.1, 0.15) is 24.0 Å². The quantitative estimate of drug-likeness (QED) is 0.689. The van der Waals surface area contributed by atoms with Crippen molar-refractivity contribution in [3.63, 3.8) is 0 Å². The second-order valence-electron chi connectivity index (χ2n) is 2.96. The Morgan fingerprint density at radius 3 is 2.75 bits per heavy atom. The maximum atomic E-state index is 4.30. The Morgan fingerprint density at radius 1 is 1.42 bits per heavy atom. The lowest BCUT2D eigenvalue weighted by Gasteiger charge is -1.89. The summed E-state index contributed by atoms with van der Waals surface area (Å²) in [5.41, 5.74) is 3.37. The van der Waals surface area contributed by atoms with Crippen LogP contribution in [0.25, 0.3) is 5.65 Å². The van der Waals surface area contributed by atoms with E-state index >= 15 is 0 Å². The number of nitrogens with one attached hydrogen (secondary N) is 1. The molecule has 0 bridgehead atoms. The summed E-state index contributed by atoms with van der Waals surface area (Å²) in [7, 11) is 0.